The summed E-state index contributed by atoms with van der Waals surface area (Å²) in [5.74, 6) is 5.17. The van der Waals surface area contributed by atoms with Crippen LogP contribution in [-0.2, 0) is 4.79 Å². The summed E-state index contributed by atoms with van der Waals surface area (Å²) in [6.45, 7) is 2.72. The number of aryl methyl sites for hydroxylation is 1. The van der Waals surface area contributed by atoms with E-state index in [1.165, 1.54) is 44.1 Å². The Hall–Kier alpha value is -1.16. The number of ether oxygens (including phenoxy) is 1. The quantitative estimate of drug-likeness (QED) is 0.742. The first-order valence-electron chi connectivity index (χ1n) is 9.68. The molecule has 136 valence electrons. The van der Waals surface area contributed by atoms with Crippen molar-refractivity contribution >= 4 is 17.7 Å². The van der Waals surface area contributed by atoms with E-state index in [0.717, 1.165) is 29.3 Å². The topological polar surface area (TPSA) is 38.3 Å². The van der Waals surface area contributed by atoms with Crippen molar-refractivity contribution in [2.75, 3.05) is 18.1 Å². The summed E-state index contributed by atoms with van der Waals surface area (Å²) in [6, 6.07) is 8.11. The van der Waals surface area contributed by atoms with E-state index in [2.05, 4.69) is 18.3 Å². The number of benzene rings is 1. The molecule has 0 aliphatic heterocycles. The van der Waals surface area contributed by atoms with Crippen molar-refractivity contribution in [1.82, 2.24) is 5.32 Å². The molecule has 1 N–H and O–H groups in total. The van der Waals surface area contributed by atoms with Crippen LogP contribution >= 0.6 is 11.8 Å². The lowest BCUT2D eigenvalue weighted by atomic mass is 9.53. The maximum Gasteiger partial charge on any atom is 0.230 e. The van der Waals surface area contributed by atoms with Crippen LogP contribution in [0.5, 0.6) is 5.75 Å². The van der Waals surface area contributed by atoms with Crippen LogP contribution in [0.3, 0.4) is 0 Å². The van der Waals surface area contributed by atoms with Gasteiger partial charge in [0.05, 0.1) is 12.4 Å². The largest absolute Gasteiger partial charge is 0.493 e. The van der Waals surface area contributed by atoms with Gasteiger partial charge in [0.1, 0.15) is 5.75 Å². The van der Waals surface area contributed by atoms with Crippen LogP contribution in [-0.4, -0.2) is 29.6 Å². The second-order valence-corrected chi connectivity index (χ2v) is 9.57. The molecule has 0 atom stereocenters. The van der Waals surface area contributed by atoms with E-state index >= 15 is 0 Å². The zero-order valence-corrected chi connectivity index (χ0v) is 15.9. The molecule has 0 saturated heterocycles. The van der Waals surface area contributed by atoms with Gasteiger partial charge in [0.25, 0.3) is 0 Å². The molecule has 5 rings (SSSR count). The summed E-state index contributed by atoms with van der Waals surface area (Å²) >= 11 is 1.68. The Morgan fingerprint density at radius 3 is 2.52 bits per heavy atom. The zero-order chi connectivity index (χ0) is 17.3. The van der Waals surface area contributed by atoms with Gasteiger partial charge in [-0.15, -0.1) is 11.8 Å². The number of hydrogen-bond donors (Lipinski definition) is 1. The number of carbonyl (C=O) groups is 1. The minimum absolute atomic E-state index is 0.143. The second-order valence-electron chi connectivity index (χ2n) is 8.46. The lowest BCUT2D eigenvalue weighted by Gasteiger charge is -2.56. The lowest BCUT2D eigenvalue weighted by molar-refractivity contribution is -0.124. The van der Waals surface area contributed by atoms with Gasteiger partial charge in [0.2, 0.25) is 5.91 Å². The first-order chi connectivity index (χ1) is 12.1. The fourth-order valence-electron chi connectivity index (χ4n) is 5.68. The zero-order valence-electron chi connectivity index (χ0n) is 15.1. The monoisotopic (exact) mass is 359 g/mol. The van der Waals surface area contributed by atoms with Crippen molar-refractivity contribution in [1.29, 1.82) is 0 Å². The van der Waals surface area contributed by atoms with Crippen LogP contribution in [0, 0.1) is 24.7 Å². The fraction of sp³-hybridized carbons (Fsp3) is 0.667. The smallest absolute Gasteiger partial charge is 0.230 e. The van der Waals surface area contributed by atoms with Crippen LogP contribution in [0.2, 0.25) is 0 Å². The molecule has 25 heavy (non-hydrogen) atoms. The molecule has 0 heterocycles. The van der Waals surface area contributed by atoms with Crippen molar-refractivity contribution in [2.45, 2.75) is 51.0 Å². The van der Waals surface area contributed by atoms with Crippen LogP contribution in [0.4, 0.5) is 0 Å². The summed E-state index contributed by atoms with van der Waals surface area (Å²) in [5.41, 5.74) is 1.35. The van der Waals surface area contributed by atoms with Gasteiger partial charge in [-0.3, -0.25) is 4.79 Å². The molecule has 4 aliphatic rings. The lowest BCUT2D eigenvalue weighted by Crippen LogP contribution is -2.60. The van der Waals surface area contributed by atoms with E-state index in [4.69, 9.17) is 4.74 Å². The highest BCUT2D eigenvalue weighted by Crippen LogP contribution is 2.55. The van der Waals surface area contributed by atoms with E-state index in [-0.39, 0.29) is 11.4 Å². The van der Waals surface area contributed by atoms with Gasteiger partial charge in [-0.1, -0.05) is 12.1 Å². The third-order valence-corrected chi connectivity index (χ3v) is 7.08. The normalized spacial score (nSPS) is 32.6. The number of rotatable bonds is 7. The molecule has 4 aliphatic carbocycles. The fourth-order valence-corrected chi connectivity index (χ4v) is 6.29. The molecular formula is C21H29NO2S. The summed E-state index contributed by atoms with van der Waals surface area (Å²) in [7, 11) is 0. The summed E-state index contributed by atoms with van der Waals surface area (Å²) < 4.78 is 5.75. The van der Waals surface area contributed by atoms with Crippen molar-refractivity contribution in [3.63, 3.8) is 0 Å². The number of carbonyl (C=O) groups excluding carboxylic acids is 1. The highest BCUT2D eigenvalue weighted by molar-refractivity contribution is 7.99. The predicted molar refractivity (Wildman–Crippen MR) is 103 cm³/mol. The molecular weight excluding hydrogens is 330 g/mol. The van der Waals surface area contributed by atoms with E-state index in [9.17, 15) is 4.79 Å². The molecule has 1 amide bonds. The van der Waals surface area contributed by atoms with Gasteiger partial charge in [-0.2, -0.15) is 0 Å². The molecule has 0 aromatic heterocycles. The van der Waals surface area contributed by atoms with Crippen LogP contribution in [0.1, 0.15) is 44.1 Å². The van der Waals surface area contributed by atoms with Crippen molar-refractivity contribution in [3.05, 3.63) is 29.8 Å². The van der Waals surface area contributed by atoms with Crippen molar-refractivity contribution in [2.24, 2.45) is 17.8 Å². The highest BCUT2D eigenvalue weighted by atomic mass is 32.2. The highest BCUT2D eigenvalue weighted by Gasteiger charge is 2.51. The van der Waals surface area contributed by atoms with Crippen molar-refractivity contribution in [3.8, 4) is 5.75 Å². The first-order valence-corrected chi connectivity index (χ1v) is 10.8. The second kappa shape index (κ2) is 7.22. The molecule has 4 bridgehead atoms. The SMILES string of the molecule is Cc1cccc(OCCSCC(=O)NC23CC4CC(CC(C4)C2)C3)c1. The molecule has 1 aromatic rings. The Balaban J connectivity index is 1.17. The molecule has 4 saturated carbocycles. The van der Waals surface area contributed by atoms with E-state index in [1.807, 2.05) is 18.2 Å². The Morgan fingerprint density at radius 2 is 1.88 bits per heavy atom. The Kier molecular flexibility index (Phi) is 4.99. The van der Waals surface area contributed by atoms with Crippen LogP contribution in [0.25, 0.3) is 0 Å². The molecule has 0 unspecified atom stereocenters. The Morgan fingerprint density at radius 1 is 1.20 bits per heavy atom. The minimum atomic E-state index is 0.143. The average molecular weight is 360 g/mol. The molecule has 1 aromatic carbocycles. The molecule has 3 nitrogen and oxygen atoms in total. The first kappa shape index (κ1) is 17.3. The number of nitrogens with one attached hydrogen (secondary N) is 1. The predicted octanol–water partition coefficient (Wildman–Crippen LogP) is 4.19. The van der Waals surface area contributed by atoms with Crippen LogP contribution < -0.4 is 10.1 Å². The maximum atomic E-state index is 12.4. The number of hydrogen-bond acceptors (Lipinski definition) is 3. The number of amides is 1. The molecule has 4 fully saturated rings. The van der Waals surface area contributed by atoms with Crippen LogP contribution in [0.15, 0.2) is 24.3 Å². The van der Waals surface area contributed by atoms with E-state index in [1.54, 1.807) is 11.8 Å². The summed E-state index contributed by atoms with van der Waals surface area (Å²) in [4.78, 5) is 12.4. The van der Waals surface area contributed by atoms with Gasteiger partial charge >= 0.3 is 0 Å². The Bertz CT molecular complexity index is 595. The van der Waals surface area contributed by atoms with Gasteiger partial charge in [-0.25, -0.2) is 0 Å². The van der Waals surface area contributed by atoms with Gasteiger partial charge < -0.3 is 10.1 Å². The van der Waals surface area contributed by atoms with E-state index < -0.39 is 0 Å². The Labute approximate surface area is 155 Å². The molecule has 0 spiro atoms. The minimum Gasteiger partial charge on any atom is -0.493 e. The third-order valence-electron chi connectivity index (χ3n) is 6.16. The average Bonchev–Trinajstić information content (AvgIpc) is 2.52. The maximum absolute atomic E-state index is 12.4. The van der Waals surface area contributed by atoms with Gasteiger partial charge in [0.15, 0.2) is 0 Å². The summed E-state index contributed by atoms with van der Waals surface area (Å²) in [5, 5.41) is 3.44. The van der Waals surface area contributed by atoms with E-state index in [0.29, 0.717) is 12.4 Å². The van der Waals surface area contributed by atoms with Gasteiger partial charge in [-0.05, 0) is 80.9 Å². The third kappa shape index (κ3) is 4.16. The molecule has 0 radical (unpaired) electrons. The number of thioether (sulfide) groups is 1. The van der Waals surface area contributed by atoms with Crippen molar-refractivity contribution < 1.29 is 9.53 Å². The summed E-state index contributed by atoms with van der Waals surface area (Å²) in [6.07, 6.45) is 7.93. The standard InChI is InChI=1S/C21H29NO2S/c1-15-3-2-4-19(7-15)24-5-6-25-14-20(23)22-21-11-16-8-17(12-21)10-18(9-16)13-21/h2-4,7,16-18H,5-6,8-14H2,1H3,(H,22,23). The van der Waals surface area contributed by atoms with Gasteiger partial charge in [0, 0.05) is 11.3 Å². The molecule has 4 heteroatoms.